The van der Waals surface area contributed by atoms with Crippen molar-refractivity contribution in [3.8, 4) is 5.75 Å². The van der Waals surface area contributed by atoms with Gasteiger partial charge >= 0.3 is 0 Å². The molecule has 0 N–H and O–H groups in total. The molecule has 0 saturated heterocycles. The van der Waals surface area contributed by atoms with Gasteiger partial charge in [0.05, 0.1) is 22.2 Å². The summed E-state index contributed by atoms with van der Waals surface area (Å²) >= 11 is 5.43. The second-order valence-electron chi connectivity index (χ2n) is 7.42. The standard InChI is InChI=1S/C18H24BrFN2OS/c1-21-9-10-22(18-6-3-17(20,4-7-18)5-8-18)14-11-13(19)15(23-2)12-16(14)24-21/h11-12H,3-10H2,1-2H3. The van der Waals surface area contributed by atoms with Crippen LogP contribution in [0.1, 0.15) is 38.5 Å². The number of alkyl halides is 1. The summed E-state index contributed by atoms with van der Waals surface area (Å²) in [6, 6.07) is 4.32. The summed E-state index contributed by atoms with van der Waals surface area (Å²) in [6.45, 7) is 2.00. The van der Waals surface area contributed by atoms with E-state index in [4.69, 9.17) is 4.74 Å². The number of ether oxygens (including phenoxy) is 1. The van der Waals surface area contributed by atoms with E-state index in [2.05, 4.69) is 44.3 Å². The van der Waals surface area contributed by atoms with Gasteiger partial charge in [-0.1, -0.05) is 0 Å². The molecule has 3 saturated carbocycles. The minimum absolute atomic E-state index is 0.127. The lowest BCUT2D eigenvalue weighted by Crippen LogP contribution is -2.58. The van der Waals surface area contributed by atoms with Crippen molar-refractivity contribution in [2.24, 2.45) is 0 Å². The molecule has 132 valence electrons. The maximum absolute atomic E-state index is 14.6. The molecule has 0 amide bonds. The van der Waals surface area contributed by atoms with Crippen molar-refractivity contribution in [3.05, 3.63) is 16.6 Å². The molecule has 3 fully saturated rings. The van der Waals surface area contributed by atoms with Crippen LogP contribution in [-0.4, -0.2) is 42.8 Å². The van der Waals surface area contributed by atoms with E-state index in [-0.39, 0.29) is 5.54 Å². The number of nitrogens with zero attached hydrogens (tertiary/aromatic N) is 2. The number of methoxy groups -OCH3 is 1. The second-order valence-corrected chi connectivity index (χ2v) is 9.52. The third kappa shape index (κ3) is 2.74. The average molecular weight is 415 g/mol. The molecular formula is C18H24BrFN2OS. The highest BCUT2D eigenvalue weighted by molar-refractivity contribution is 9.10. The quantitative estimate of drug-likeness (QED) is 0.630. The first kappa shape index (κ1) is 17.0. The van der Waals surface area contributed by atoms with E-state index in [1.54, 1.807) is 19.1 Å². The SMILES string of the molecule is COc1cc2c(cc1Br)N(C13CCC(F)(CC1)CC3)CCN(C)S2. The summed E-state index contributed by atoms with van der Waals surface area (Å²) in [5, 5.41) is 0. The Balaban J connectivity index is 1.76. The lowest BCUT2D eigenvalue weighted by Gasteiger charge is -2.55. The molecule has 4 aliphatic rings. The van der Waals surface area contributed by atoms with Crippen LogP contribution in [0.5, 0.6) is 5.75 Å². The van der Waals surface area contributed by atoms with E-state index >= 15 is 0 Å². The van der Waals surface area contributed by atoms with Crippen molar-refractivity contribution in [1.29, 1.82) is 0 Å². The van der Waals surface area contributed by atoms with Crippen LogP contribution in [0, 0.1) is 0 Å². The van der Waals surface area contributed by atoms with E-state index in [1.165, 1.54) is 10.6 Å². The first-order chi connectivity index (χ1) is 11.4. The van der Waals surface area contributed by atoms with Gasteiger partial charge in [-0.3, -0.25) is 0 Å². The zero-order chi connectivity index (χ0) is 16.9. The number of fused-ring (bicyclic) bond motifs is 4. The molecule has 0 spiro atoms. The number of benzene rings is 1. The molecule has 6 heteroatoms. The zero-order valence-corrected chi connectivity index (χ0v) is 16.7. The van der Waals surface area contributed by atoms with Gasteiger partial charge in [0.25, 0.3) is 0 Å². The highest BCUT2D eigenvalue weighted by Gasteiger charge is 2.52. The molecule has 3 nitrogen and oxygen atoms in total. The molecule has 24 heavy (non-hydrogen) atoms. The number of hydrogen-bond donors (Lipinski definition) is 0. The summed E-state index contributed by atoms with van der Waals surface area (Å²) in [5.41, 5.74) is 0.510. The molecule has 0 unspecified atom stereocenters. The summed E-state index contributed by atoms with van der Waals surface area (Å²) in [5.74, 6) is 0.865. The Hall–Kier alpha value is -0.460. The normalized spacial score (nSPS) is 33.2. The molecule has 5 rings (SSSR count). The second kappa shape index (κ2) is 6.06. The summed E-state index contributed by atoms with van der Waals surface area (Å²) < 4.78 is 23.4. The van der Waals surface area contributed by atoms with Crippen molar-refractivity contribution in [2.45, 2.75) is 54.6 Å². The maximum atomic E-state index is 14.6. The third-order valence-corrected chi connectivity index (χ3v) is 7.74. The van der Waals surface area contributed by atoms with Gasteiger partial charge < -0.3 is 9.64 Å². The summed E-state index contributed by atoms with van der Waals surface area (Å²) in [7, 11) is 3.84. The number of likely N-dealkylation sites (N-methyl/N-ethyl adjacent to an activating group) is 1. The fourth-order valence-electron chi connectivity index (χ4n) is 4.56. The van der Waals surface area contributed by atoms with Gasteiger partial charge in [-0.15, -0.1) is 0 Å². The molecule has 3 aliphatic carbocycles. The van der Waals surface area contributed by atoms with Crippen molar-refractivity contribution in [1.82, 2.24) is 4.31 Å². The lowest BCUT2D eigenvalue weighted by atomic mass is 9.63. The smallest absolute Gasteiger partial charge is 0.134 e. The monoisotopic (exact) mass is 414 g/mol. The number of halogens is 2. The van der Waals surface area contributed by atoms with Crippen molar-refractivity contribution >= 4 is 33.6 Å². The number of anilines is 1. The average Bonchev–Trinajstić information content (AvgIpc) is 2.74. The van der Waals surface area contributed by atoms with Gasteiger partial charge in [-0.2, -0.15) is 0 Å². The van der Waals surface area contributed by atoms with E-state index in [9.17, 15) is 4.39 Å². The van der Waals surface area contributed by atoms with Crippen molar-refractivity contribution in [3.63, 3.8) is 0 Å². The van der Waals surface area contributed by atoms with Gasteiger partial charge in [0, 0.05) is 18.6 Å². The van der Waals surface area contributed by atoms with Crippen LogP contribution in [-0.2, 0) is 0 Å². The molecule has 1 aliphatic heterocycles. The zero-order valence-electron chi connectivity index (χ0n) is 14.3. The molecule has 1 heterocycles. The third-order valence-electron chi connectivity index (χ3n) is 6.10. The Bertz CT molecular complexity index is 632. The number of rotatable bonds is 2. The van der Waals surface area contributed by atoms with Gasteiger partial charge in [-0.25, -0.2) is 8.70 Å². The summed E-state index contributed by atoms with van der Waals surface area (Å²) in [4.78, 5) is 3.81. The van der Waals surface area contributed by atoms with Gasteiger partial charge in [-0.05, 0) is 85.6 Å². The van der Waals surface area contributed by atoms with E-state index in [0.29, 0.717) is 0 Å². The van der Waals surface area contributed by atoms with Crippen LogP contribution in [0.4, 0.5) is 10.1 Å². The van der Waals surface area contributed by atoms with Crippen LogP contribution < -0.4 is 9.64 Å². The molecule has 0 atom stereocenters. The maximum Gasteiger partial charge on any atom is 0.134 e. The predicted molar refractivity (Wildman–Crippen MR) is 101 cm³/mol. The van der Waals surface area contributed by atoms with Crippen LogP contribution >= 0.6 is 27.9 Å². The van der Waals surface area contributed by atoms with Crippen LogP contribution in [0.3, 0.4) is 0 Å². The van der Waals surface area contributed by atoms with Gasteiger partial charge in [0.1, 0.15) is 11.4 Å². The van der Waals surface area contributed by atoms with Crippen LogP contribution in [0.25, 0.3) is 0 Å². The first-order valence-corrected chi connectivity index (χ1v) is 10.2. The van der Waals surface area contributed by atoms with E-state index in [0.717, 1.165) is 61.8 Å². The molecule has 2 bridgehead atoms. The largest absolute Gasteiger partial charge is 0.496 e. The Morgan fingerprint density at radius 2 is 1.79 bits per heavy atom. The molecule has 0 aromatic heterocycles. The number of hydrogen-bond acceptors (Lipinski definition) is 4. The molecule has 1 aromatic carbocycles. The Morgan fingerprint density at radius 3 is 2.42 bits per heavy atom. The van der Waals surface area contributed by atoms with E-state index in [1.807, 2.05) is 0 Å². The highest BCUT2D eigenvalue weighted by Crippen LogP contribution is 2.54. The highest BCUT2D eigenvalue weighted by atomic mass is 79.9. The minimum Gasteiger partial charge on any atom is -0.496 e. The fraction of sp³-hybridized carbons (Fsp3) is 0.667. The topological polar surface area (TPSA) is 15.7 Å². The minimum atomic E-state index is -0.886. The molecule has 0 radical (unpaired) electrons. The molecule has 1 aromatic rings. The van der Waals surface area contributed by atoms with Gasteiger partial charge in [0.2, 0.25) is 0 Å². The van der Waals surface area contributed by atoms with Crippen LogP contribution in [0.2, 0.25) is 0 Å². The van der Waals surface area contributed by atoms with Crippen LogP contribution in [0.15, 0.2) is 21.5 Å². The molecular weight excluding hydrogens is 391 g/mol. The Kier molecular flexibility index (Phi) is 4.29. The van der Waals surface area contributed by atoms with E-state index < -0.39 is 5.67 Å². The Morgan fingerprint density at radius 1 is 1.12 bits per heavy atom. The first-order valence-electron chi connectivity index (χ1n) is 8.68. The van der Waals surface area contributed by atoms with Crippen molar-refractivity contribution < 1.29 is 9.13 Å². The van der Waals surface area contributed by atoms with Gasteiger partial charge in [0.15, 0.2) is 0 Å². The lowest BCUT2D eigenvalue weighted by molar-refractivity contribution is 0.00380. The van der Waals surface area contributed by atoms with Crippen molar-refractivity contribution in [2.75, 3.05) is 32.1 Å². The Labute approximate surface area is 156 Å². The fourth-order valence-corrected chi connectivity index (χ4v) is 5.98. The summed E-state index contributed by atoms with van der Waals surface area (Å²) in [6.07, 6.45) is 5.08. The predicted octanol–water partition coefficient (Wildman–Crippen LogP) is 5.03.